The van der Waals surface area contributed by atoms with Crippen LogP contribution < -0.4 is 22.7 Å². The van der Waals surface area contributed by atoms with Crippen molar-refractivity contribution in [1.82, 2.24) is 4.98 Å². The van der Waals surface area contributed by atoms with E-state index in [0.29, 0.717) is 0 Å². The van der Waals surface area contributed by atoms with Crippen LogP contribution >= 0.6 is 0 Å². The zero-order valence-electron chi connectivity index (χ0n) is 15.9. The van der Waals surface area contributed by atoms with E-state index in [9.17, 15) is 0 Å². The topological polar surface area (TPSA) is 28.5 Å². The molecule has 0 saturated carbocycles. The Kier molecular flexibility index (Phi) is 6.21. The Morgan fingerprint density at radius 2 is 1.70 bits per heavy atom. The molecule has 0 radical (unpaired) electrons. The standard InChI is InChI=1S/C22H23N3Se.ClH/c1-4-23-19-14-21-22(17-10-8-7-9-16(17)19)24-18-12-11-15(13-20(18)26-21)25(5-2)6-3;/h7-14H,4-6H2,1-3H3;1H/p-1. The summed E-state index contributed by atoms with van der Waals surface area (Å²) in [6.07, 6.45) is 0. The number of hydrogen-bond acceptors (Lipinski definition) is 3. The van der Waals surface area contributed by atoms with Crippen LogP contribution in [0.3, 0.4) is 0 Å². The van der Waals surface area contributed by atoms with Crippen LogP contribution in [0.1, 0.15) is 20.8 Å². The minimum atomic E-state index is 0. The summed E-state index contributed by atoms with van der Waals surface area (Å²) < 4.78 is 2.71. The minimum Gasteiger partial charge on any atom is -1.00 e. The predicted octanol–water partition coefficient (Wildman–Crippen LogP) is 1.32. The molecule has 2 aromatic rings. The van der Waals surface area contributed by atoms with Crippen molar-refractivity contribution < 1.29 is 12.4 Å². The van der Waals surface area contributed by atoms with Crippen LogP contribution in [0.5, 0.6) is 0 Å². The van der Waals surface area contributed by atoms with Crippen LogP contribution in [0, 0.1) is 0 Å². The molecule has 140 valence electrons. The third kappa shape index (κ3) is 3.62. The molecule has 27 heavy (non-hydrogen) atoms. The predicted molar refractivity (Wildman–Crippen MR) is 112 cm³/mol. The zero-order valence-corrected chi connectivity index (χ0v) is 18.3. The second-order valence-corrected chi connectivity index (χ2v) is 8.57. The molecule has 1 heterocycles. The molecule has 0 N–H and O–H groups in total. The van der Waals surface area contributed by atoms with E-state index < -0.39 is 0 Å². The van der Waals surface area contributed by atoms with Gasteiger partial charge in [-0.25, -0.2) is 0 Å². The molecule has 1 aliphatic heterocycles. The molecule has 3 nitrogen and oxygen atoms in total. The number of rotatable bonds is 4. The second-order valence-electron chi connectivity index (χ2n) is 6.30. The fraction of sp³-hybridized carbons (Fsp3) is 0.273. The van der Waals surface area contributed by atoms with Gasteiger partial charge in [-0.3, -0.25) is 0 Å². The van der Waals surface area contributed by atoms with Gasteiger partial charge in [0.05, 0.1) is 0 Å². The van der Waals surface area contributed by atoms with Crippen LogP contribution in [-0.2, 0) is 0 Å². The smallest absolute Gasteiger partial charge is 1.00 e. The Balaban J connectivity index is 0.00000210. The Labute approximate surface area is 172 Å². The number of anilines is 1. The average molecular weight is 444 g/mol. The fourth-order valence-electron chi connectivity index (χ4n) is 3.51. The molecule has 4 rings (SSSR count). The number of halogens is 1. The molecule has 0 aromatic heterocycles. The van der Waals surface area contributed by atoms with Crippen LogP contribution in [0.4, 0.5) is 5.69 Å². The molecule has 0 unspecified atom stereocenters. The Morgan fingerprint density at radius 1 is 0.963 bits per heavy atom. The van der Waals surface area contributed by atoms with Crippen LogP contribution in [0.15, 0.2) is 53.5 Å². The third-order valence-electron chi connectivity index (χ3n) is 4.81. The molecular formula is C22H23ClN3Se-. The van der Waals surface area contributed by atoms with Crippen molar-refractivity contribution in [3.8, 4) is 10.1 Å². The maximum Gasteiger partial charge on any atom is -1.00 e. The van der Waals surface area contributed by atoms with Crippen molar-refractivity contribution in [2.75, 3.05) is 24.5 Å². The number of nitrogens with zero attached hydrogens (tertiary/aromatic N) is 3. The normalized spacial score (nSPS) is 11.9. The van der Waals surface area contributed by atoms with Crippen molar-refractivity contribution in [3.05, 3.63) is 53.9 Å². The second kappa shape index (κ2) is 8.43. The molecule has 0 fully saturated rings. The summed E-state index contributed by atoms with van der Waals surface area (Å²) in [6.45, 7) is 9.36. The first-order valence-electron chi connectivity index (χ1n) is 9.27. The quantitative estimate of drug-likeness (QED) is 0.270. The molecule has 2 aliphatic rings. The summed E-state index contributed by atoms with van der Waals surface area (Å²) >= 11 is 0.248. The number of benzene rings is 3. The van der Waals surface area contributed by atoms with Gasteiger partial charge in [-0.15, -0.1) is 0 Å². The van der Waals surface area contributed by atoms with Gasteiger partial charge in [-0.05, 0) is 0 Å². The van der Waals surface area contributed by atoms with Gasteiger partial charge in [0.25, 0.3) is 0 Å². The number of hydrogen-bond donors (Lipinski definition) is 0. The van der Waals surface area contributed by atoms with Gasteiger partial charge in [0, 0.05) is 0 Å². The molecule has 0 spiro atoms. The van der Waals surface area contributed by atoms with Crippen molar-refractivity contribution in [3.63, 3.8) is 0 Å². The Bertz CT molecular complexity index is 1120. The average Bonchev–Trinajstić information content (AvgIpc) is 2.68. The summed E-state index contributed by atoms with van der Waals surface area (Å²) in [5, 5.41) is 3.52. The summed E-state index contributed by atoms with van der Waals surface area (Å²) in [7, 11) is 0. The monoisotopic (exact) mass is 444 g/mol. The Hall–Kier alpha value is -1.87. The minimum absolute atomic E-state index is 0. The molecule has 0 bridgehead atoms. The molecule has 5 heteroatoms. The SMILES string of the molecule is CCN=c1cc2[se]c3cc(N(CC)CC)ccc3nc-2c2ccccc12.[Cl-]. The number of fused-ring (bicyclic) bond motifs is 4. The van der Waals surface area contributed by atoms with E-state index in [1.165, 1.54) is 25.2 Å². The van der Waals surface area contributed by atoms with Crippen molar-refractivity contribution in [1.29, 1.82) is 0 Å². The third-order valence-corrected chi connectivity index (χ3v) is 7.07. The van der Waals surface area contributed by atoms with E-state index >= 15 is 0 Å². The van der Waals surface area contributed by atoms with E-state index in [0.717, 1.165) is 36.2 Å². The van der Waals surface area contributed by atoms with Gasteiger partial charge in [0.15, 0.2) is 0 Å². The molecule has 1 aliphatic carbocycles. The van der Waals surface area contributed by atoms with Crippen molar-refractivity contribution in [2.45, 2.75) is 20.8 Å². The molecule has 0 saturated heterocycles. The van der Waals surface area contributed by atoms with Gasteiger partial charge >= 0.3 is 160 Å². The van der Waals surface area contributed by atoms with Crippen LogP contribution in [0.2, 0.25) is 0 Å². The summed E-state index contributed by atoms with van der Waals surface area (Å²) in [6, 6.07) is 17.5. The first kappa shape index (κ1) is 19.9. The molecule has 0 atom stereocenters. The fourth-order valence-corrected chi connectivity index (χ4v) is 5.73. The first-order valence-corrected chi connectivity index (χ1v) is 11.0. The molecule has 2 aromatic carbocycles. The van der Waals surface area contributed by atoms with Gasteiger partial charge in [-0.1, -0.05) is 0 Å². The summed E-state index contributed by atoms with van der Waals surface area (Å²) in [5.41, 5.74) is 3.56. The van der Waals surface area contributed by atoms with Gasteiger partial charge in [-0.2, -0.15) is 0 Å². The van der Waals surface area contributed by atoms with E-state index in [1.807, 2.05) is 0 Å². The molecular weight excluding hydrogens is 421 g/mol. The summed E-state index contributed by atoms with van der Waals surface area (Å²) in [4.78, 5) is 12.2. The van der Waals surface area contributed by atoms with Crippen molar-refractivity contribution >= 4 is 40.7 Å². The Morgan fingerprint density at radius 3 is 2.41 bits per heavy atom. The maximum atomic E-state index is 5.05. The van der Waals surface area contributed by atoms with E-state index in [4.69, 9.17) is 9.98 Å². The maximum absolute atomic E-state index is 5.05. The first-order chi connectivity index (χ1) is 12.7. The van der Waals surface area contributed by atoms with E-state index in [2.05, 4.69) is 74.2 Å². The largest absolute Gasteiger partial charge is 1.00 e. The van der Waals surface area contributed by atoms with Gasteiger partial charge in [0.1, 0.15) is 0 Å². The van der Waals surface area contributed by atoms with Crippen LogP contribution in [0.25, 0.3) is 30.7 Å². The van der Waals surface area contributed by atoms with Crippen LogP contribution in [-0.4, -0.2) is 39.1 Å². The number of aromatic nitrogens is 1. The van der Waals surface area contributed by atoms with E-state index in [-0.39, 0.29) is 26.9 Å². The van der Waals surface area contributed by atoms with Crippen molar-refractivity contribution in [2.24, 2.45) is 4.99 Å². The van der Waals surface area contributed by atoms with Gasteiger partial charge < -0.3 is 12.4 Å². The van der Waals surface area contributed by atoms with E-state index in [1.54, 1.807) is 0 Å². The zero-order chi connectivity index (χ0) is 18.1. The summed E-state index contributed by atoms with van der Waals surface area (Å²) in [5.74, 6) is 0. The molecule has 0 amide bonds. The van der Waals surface area contributed by atoms with Gasteiger partial charge in [0.2, 0.25) is 0 Å².